The summed E-state index contributed by atoms with van der Waals surface area (Å²) in [5.74, 6) is -0.324. The molecule has 6 rings (SSSR count). The first kappa shape index (κ1) is 23.3. The molecule has 1 saturated heterocycles. The Morgan fingerprint density at radius 3 is 2.41 bits per heavy atom. The topological polar surface area (TPSA) is 65.4 Å². The molecular weight excluding hydrogens is 456 g/mol. The Hall–Kier alpha value is -4.09. The minimum atomic E-state index is -0.324. The molecule has 0 radical (unpaired) electrons. The van der Waals surface area contributed by atoms with Gasteiger partial charge in [0, 0.05) is 54.7 Å². The number of aryl methyl sites for hydroxylation is 1. The van der Waals surface area contributed by atoms with Gasteiger partial charge in [0.15, 0.2) is 0 Å². The molecule has 0 aliphatic carbocycles. The van der Waals surface area contributed by atoms with E-state index >= 15 is 0 Å². The van der Waals surface area contributed by atoms with Crippen molar-refractivity contribution in [1.82, 2.24) is 9.88 Å². The van der Waals surface area contributed by atoms with Gasteiger partial charge in [-0.2, -0.15) is 0 Å². The SMILES string of the molecule is Cc1cccc(-c2cc(CC(N)=O)c3[nH]c4cc(N5CCN(Cc6ccccc6)CC5)ccc4c3c2)c1. The maximum Gasteiger partial charge on any atom is 0.221 e. The van der Waals surface area contributed by atoms with E-state index in [1.54, 1.807) is 0 Å². The molecule has 0 unspecified atom stereocenters. The molecule has 0 atom stereocenters. The zero-order chi connectivity index (χ0) is 25.4. The number of primary amides is 1. The summed E-state index contributed by atoms with van der Waals surface area (Å²) in [6.07, 6.45) is 0.208. The van der Waals surface area contributed by atoms with Crippen LogP contribution in [0.3, 0.4) is 0 Å². The highest BCUT2D eigenvalue weighted by Crippen LogP contribution is 2.35. The number of hydrogen-bond donors (Lipinski definition) is 2. The summed E-state index contributed by atoms with van der Waals surface area (Å²) in [4.78, 5) is 20.5. The third-order valence-corrected chi connectivity index (χ3v) is 7.48. The number of hydrogen-bond acceptors (Lipinski definition) is 3. The number of fused-ring (bicyclic) bond motifs is 3. The smallest absolute Gasteiger partial charge is 0.221 e. The summed E-state index contributed by atoms with van der Waals surface area (Å²) in [6.45, 7) is 7.19. The van der Waals surface area contributed by atoms with Gasteiger partial charge >= 0.3 is 0 Å². The van der Waals surface area contributed by atoms with Crippen LogP contribution >= 0.6 is 0 Å². The van der Waals surface area contributed by atoms with E-state index in [0.717, 1.165) is 65.8 Å². The molecule has 1 aromatic heterocycles. The first-order valence-corrected chi connectivity index (χ1v) is 13.0. The van der Waals surface area contributed by atoms with Gasteiger partial charge in [-0.3, -0.25) is 9.69 Å². The van der Waals surface area contributed by atoms with E-state index < -0.39 is 0 Å². The number of benzene rings is 4. The molecule has 0 spiro atoms. The van der Waals surface area contributed by atoms with Crippen LogP contribution in [0.1, 0.15) is 16.7 Å². The Balaban J connectivity index is 1.31. The summed E-state index contributed by atoms with van der Waals surface area (Å²) in [5.41, 5.74) is 14.7. The molecule has 1 fully saturated rings. The predicted molar refractivity (Wildman–Crippen MR) is 153 cm³/mol. The van der Waals surface area contributed by atoms with Crippen LogP contribution in [0, 0.1) is 6.92 Å². The number of nitrogens with one attached hydrogen (secondary N) is 1. The van der Waals surface area contributed by atoms with Crippen molar-refractivity contribution in [2.45, 2.75) is 19.9 Å². The molecular formula is C32H32N4O. The maximum atomic E-state index is 11.9. The Kier molecular flexibility index (Phi) is 6.15. The molecule has 0 bridgehead atoms. The summed E-state index contributed by atoms with van der Waals surface area (Å²) in [6, 6.07) is 30.2. The van der Waals surface area contributed by atoms with Crippen molar-refractivity contribution < 1.29 is 4.79 Å². The van der Waals surface area contributed by atoms with E-state index in [2.05, 4.69) is 107 Å². The fourth-order valence-corrected chi connectivity index (χ4v) is 5.59. The largest absolute Gasteiger partial charge is 0.369 e. The first-order chi connectivity index (χ1) is 18.0. The normalized spacial score (nSPS) is 14.5. The number of piperazine rings is 1. The van der Waals surface area contributed by atoms with E-state index in [1.807, 2.05) is 0 Å². The number of aromatic amines is 1. The number of rotatable bonds is 6. The summed E-state index contributed by atoms with van der Waals surface area (Å²) >= 11 is 0. The van der Waals surface area contributed by atoms with Gasteiger partial charge in [0.05, 0.1) is 11.9 Å². The number of aromatic nitrogens is 1. The van der Waals surface area contributed by atoms with Crippen molar-refractivity contribution in [3.63, 3.8) is 0 Å². The number of amides is 1. The van der Waals surface area contributed by atoms with Crippen molar-refractivity contribution in [2.24, 2.45) is 5.73 Å². The van der Waals surface area contributed by atoms with Crippen LogP contribution < -0.4 is 10.6 Å². The summed E-state index contributed by atoms with van der Waals surface area (Å²) in [5, 5.41) is 2.30. The van der Waals surface area contributed by atoms with Crippen LogP contribution in [0.15, 0.2) is 84.9 Å². The molecule has 4 aromatic carbocycles. The molecule has 2 heterocycles. The van der Waals surface area contributed by atoms with Crippen LogP contribution in [0.2, 0.25) is 0 Å². The second kappa shape index (κ2) is 9.75. The minimum absolute atomic E-state index is 0.208. The van der Waals surface area contributed by atoms with Gasteiger partial charge in [-0.05, 0) is 53.4 Å². The van der Waals surface area contributed by atoms with Gasteiger partial charge in [-0.25, -0.2) is 0 Å². The predicted octanol–water partition coefficient (Wildman–Crippen LogP) is 5.65. The monoisotopic (exact) mass is 488 g/mol. The third kappa shape index (κ3) is 4.83. The Morgan fingerprint density at radius 1 is 0.838 bits per heavy atom. The highest BCUT2D eigenvalue weighted by atomic mass is 16.1. The van der Waals surface area contributed by atoms with E-state index in [4.69, 9.17) is 5.73 Å². The van der Waals surface area contributed by atoms with E-state index in [9.17, 15) is 4.79 Å². The van der Waals surface area contributed by atoms with Gasteiger partial charge in [0.25, 0.3) is 0 Å². The molecule has 5 aromatic rings. The molecule has 1 aliphatic rings. The summed E-state index contributed by atoms with van der Waals surface area (Å²) < 4.78 is 0. The van der Waals surface area contributed by atoms with Crippen molar-refractivity contribution in [2.75, 3.05) is 31.1 Å². The molecule has 5 heteroatoms. The molecule has 1 aliphatic heterocycles. The second-order valence-electron chi connectivity index (χ2n) is 10.2. The summed E-state index contributed by atoms with van der Waals surface area (Å²) in [7, 11) is 0. The number of carbonyl (C=O) groups excluding carboxylic acids is 1. The van der Waals surface area contributed by atoms with E-state index in [-0.39, 0.29) is 12.3 Å². The highest BCUT2D eigenvalue weighted by molar-refractivity contribution is 6.11. The van der Waals surface area contributed by atoms with Crippen molar-refractivity contribution >= 4 is 33.4 Å². The Morgan fingerprint density at radius 2 is 1.65 bits per heavy atom. The lowest BCUT2D eigenvalue weighted by atomic mass is 9.97. The van der Waals surface area contributed by atoms with Crippen molar-refractivity contribution in [3.05, 3.63) is 102 Å². The van der Waals surface area contributed by atoms with Crippen LogP contribution in [0.5, 0.6) is 0 Å². The zero-order valence-corrected chi connectivity index (χ0v) is 21.2. The standard InChI is InChI=1S/C32H32N4O/c1-22-6-5-9-24(16-22)25-17-26(19-31(33)37)32-29(18-25)28-11-10-27(20-30(28)34-32)36-14-12-35(13-15-36)21-23-7-3-2-4-8-23/h2-11,16-18,20,34H,12-15,19,21H2,1H3,(H2,33,37). The molecule has 0 saturated carbocycles. The molecule has 3 N–H and O–H groups in total. The van der Waals surface area contributed by atoms with Gasteiger partial charge < -0.3 is 15.6 Å². The Labute approximate surface area is 217 Å². The van der Waals surface area contributed by atoms with Gasteiger partial charge in [-0.15, -0.1) is 0 Å². The highest BCUT2D eigenvalue weighted by Gasteiger charge is 2.19. The van der Waals surface area contributed by atoms with Crippen molar-refractivity contribution in [3.8, 4) is 11.1 Å². The first-order valence-electron chi connectivity index (χ1n) is 13.0. The lowest BCUT2D eigenvalue weighted by Gasteiger charge is -2.36. The average molecular weight is 489 g/mol. The van der Waals surface area contributed by atoms with E-state index in [1.165, 1.54) is 22.2 Å². The number of anilines is 1. The van der Waals surface area contributed by atoms with Crippen LogP contribution in [0.25, 0.3) is 32.9 Å². The quantitative estimate of drug-likeness (QED) is 0.325. The molecule has 37 heavy (non-hydrogen) atoms. The fourth-order valence-electron chi connectivity index (χ4n) is 5.59. The fraction of sp³-hybridized carbons (Fsp3) is 0.219. The minimum Gasteiger partial charge on any atom is -0.369 e. The number of nitrogens with two attached hydrogens (primary N) is 1. The van der Waals surface area contributed by atoms with Crippen LogP contribution in [-0.2, 0) is 17.8 Å². The van der Waals surface area contributed by atoms with Gasteiger partial charge in [0.2, 0.25) is 5.91 Å². The third-order valence-electron chi connectivity index (χ3n) is 7.48. The number of H-pyrrole nitrogens is 1. The van der Waals surface area contributed by atoms with Crippen molar-refractivity contribution in [1.29, 1.82) is 0 Å². The zero-order valence-electron chi connectivity index (χ0n) is 21.2. The number of carbonyl (C=O) groups is 1. The van der Waals surface area contributed by atoms with E-state index in [0.29, 0.717) is 0 Å². The molecule has 186 valence electrons. The lowest BCUT2D eigenvalue weighted by Crippen LogP contribution is -2.45. The van der Waals surface area contributed by atoms with Gasteiger partial charge in [-0.1, -0.05) is 66.2 Å². The maximum absolute atomic E-state index is 11.9. The Bertz CT molecular complexity index is 1580. The molecule has 5 nitrogen and oxygen atoms in total. The second-order valence-corrected chi connectivity index (χ2v) is 10.2. The number of nitrogens with zero attached hydrogens (tertiary/aromatic N) is 2. The van der Waals surface area contributed by atoms with Crippen LogP contribution in [0.4, 0.5) is 5.69 Å². The van der Waals surface area contributed by atoms with Crippen LogP contribution in [-0.4, -0.2) is 42.0 Å². The lowest BCUT2D eigenvalue weighted by molar-refractivity contribution is -0.117. The van der Waals surface area contributed by atoms with Gasteiger partial charge in [0.1, 0.15) is 0 Å². The molecule has 1 amide bonds. The average Bonchev–Trinajstić information content (AvgIpc) is 3.28.